The molecule has 0 fully saturated rings. The standard InChI is InChI=1S/C34H44F6O4/c1-33(2,21-7-9-23-41-25-11-15-27(16-12-25)43-31(39)29(35)36)19-5-6-20-34(3,4)22-8-10-24-42-26-13-17-28(18-14-26)44-32(40)30(37)38/h11-18H,5-10,19-24H2,1-4H3. The molecule has 44 heavy (non-hydrogen) atoms. The van der Waals surface area contributed by atoms with Crippen LogP contribution >= 0.6 is 0 Å². The van der Waals surface area contributed by atoms with Crippen LogP contribution in [0.3, 0.4) is 0 Å². The Hall–Kier alpha value is -3.30. The van der Waals surface area contributed by atoms with E-state index in [1.165, 1.54) is 37.1 Å². The van der Waals surface area contributed by atoms with E-state index in [0.29, 0.717) is 24.7 Å². The van der Waals surface area contributed by atoms with Crippen LogP contribution in [0.1, 0.15) is 91.9 Å². The molecule has 0 amide bonds. The summed E-state index contributed by atoms with van der Waals surface area (Å²) >= 11 is 0. The zero-order valence-corrected chi connectivity index (χ0v) is 26.0. The van der Waals surface area contributed by atoms with Crippen molar-refractivity contribution >= 4 is 0 Å². The molecular weight excluding hydrogens is 586 g/mol. The van der Waals surface area contributed by atoms with Gasteiger partial charge < -0.3 is 18.9 Å². The lowest BCUT2D eigenvalue weighted by Gasteiger charge is -2.27. The molecule has 0 radical (unpaired) electrons. The summed E-state index contributed by atoms with van der Waals surface area (Å²) in [4.78, 5) is 0. The van der Waals surface area contributed by atoms with Gasteiger partial charge in [0.05, 0.1) is 13.2 Å². The van der Waals surface area contributed by atoms with Gasteiger partial charge in [-0.1, -0.05) is 40.5 Å². The lowest BCUT2D eigenvalue weighted by atomic mass is 9.79. The highest BCUT2D eigenvalue weighted by Gasteiger charge is 2.20. The van der Waals surface area contributed by atoms with Gasteiger partial charge in [-0.15, -0.1) is 0 Å². The lowest BCUT2D eigenvalue weighted by Crippen LogP contribution is -2.14. The van der Waals surface area contributed by atoms with Crippen LogP contribution < -0.4 is 18.9 Å². The minimum Gasteiger partial charge on any atom is -0.494 e. The Bertz CT molecular complexity index is 1080. The van der Waals surface area contributed by atoms with Gasteiger partial charge in [-0.05, 0) is 111 Å². The first-order valence-corrected chi connectivity index (χ1v) is 15.0. The van der Waals surface area contributed by atoms with Gasteiger partial charge in [0.1, 0.15) is 23.0 Å². The third kappa shape index (κ3) is 15.4. The van der Waals surface area contributed by atoms with Crippen molar-refractivity contribution in [2.24, 2.45) is 10.8 Å². The Morgan fingerprint density at radius 1 is 0.455 bits per heavy atom. The van der Waals surface area contributed by atoms with Crippen molar-refractivity contribution in [3.63, 3.8) is 0 Å². The van der Waals surface area contributed by atoms with Crippen LogP contribution in [0.4, 0.5) is 26.3 Å². The molecule has 0 atom stereocenters. The van der Waals surface area contributed by atoms with Crippen LogP contribution in [0, 0.1) is 10.8 Å². The molecule has 0 unspecified atom stereocenters. The molecule has 246 valence electrons. The van der Waals surface area contributed by atoms with Crippen LogP contribution in [0.5, 0.6) is 23.0 Å². The molecule has 10 heteroatoms. The fraction of sp³-hybridized carbons (Fsp3) is 0.529. The Balaban J connectivity index is 1.53. The summed E-state index contributed by atoms with van der Waals surface area (Å²) in [5.74, 6) is 1.09. The summed E-state index contributed by atoms with van der Waals surface area (Å²) in [5.41, 5.74) is 0.477. The summed E-state index contributed by atoms with van der Waals surface area (Å²) in [7, 11) is 0. The molecule has 4 nitrogen and oxygen atoms in total. The maximum Gasteiger partial charge on any atom is 0.344 e. The highest BCUT2D eigenvalue weighted by Crippen LogP contribution is 2.34. The lowest BCUT2D eigenvalue weighted by molar-refractivity contribution is 0.236. The highest BCUT2D eigenvalue weighted by molar-refractivity contribution is 5.32. The zero-order valence-electron chi connectivity index (χ0n) is 26.0. The van der Waals surface area contributed by atoms with E-state index >= 15 is 0 Å². The van der Waals surface area contributed by atoms with Crippen molar-refractivity contribution in [2.75, 3.05) is 13.2 Å². The Kier molecular flexibility index (Phi) is 15.5. The van der Waals surface area contributed by atoms with Gasteiger partial charge in [-0.25, -0.2) is 0 Å². The topological polar surface area (TPSA) is 36.9 Å². The molecule has 0 aliphatic rings. The number of ether oxygens (including phenoxy) is 4. The molecule has 0 aliphatic heterocycles. The Morgan fingerprint density at radius 2 is 0.727 bits per heavy atom. The predicted octanol–water partition coefficient (Wildman–Crippen LogP) is 11.9. The SMILES string of the molecule is CC(C)(CCCCOc1ccc(OC(F)=C(F)F)cc1)CCCCC(C)(C)CCCCOc1ccc(OC(F)=C(F)F)cc1. The number of benzene rings is 2. The zero-order chi connectivity index (χ0) is 32.6. The first kappa shape index (κ1) is 36.9. The van der Waals surface area contributed by atoms with Crippen molar-refractivity contribution in [1.29, 1.82) is 0 Å². The smallest absolute Gasteiger partial charge is 0.344 e. The van der Waals surface area contributed by atoms with Crippen LogP contribution in [0.25, 0.3) is 0 Å². The molecule has 0 spiro atoms. The molecule has 0 aromatic heterocycles. The van der Waals surface area contributed by atoms with E-state index in [2.05, 4.69) is 37.2 Å². The third-order valence-corrected chi connectivity index (χ3v) is 7.35. The second-order valence-electron chi connectivity index (χ2n) is 12.4. The van der Waals surface area contributed by atoms with E-state index < -0.39 is 24.2 Å². The molecule has 2 rings (SSSR count). The average molecular weight is 631 g/mol. The molecule has 0 saturated heterocycles. The quantitative estimate of drug-likeness (QED) is 0.0781. The van der Waals surface area contributed by atoms with E-state index in [4.69, 9.17) is 9.47 Å². The van der Waals surface area contributed by atoms with Crippen LogP contribution in [0.2, 0.25) is 0 Å². The summed E-state index contributed by atoms with van der Waals surface area (Å²) in [6.45, 7) is 10.3. The van der Waals surface area contributed by atoms with E-state index in [-0.39, 0.29) is 22.3 Å². The monoisotopic (exact) mass is 630 g/mol. The van der Waals surface area contributed by atoms with Crippen molar-refractivity contribution < 1.29 is 45.3 Å². The van der Waals surface area contributed by atoms with Gasteiger partial charge in [0.25, 0.3) is 0 Å². The first-order valence-electron chi connectivity index (χ1n) is 15.0. The molecule has 0 aliphatic carbocycles. The first-order chi connectivity index (χ1) is 20.8. The maximum atomic E-state index is 12.9. The largest absolute Gasteiger partial charge is 0.494 e. The van der Waals surface area contributed by atoms with Gasteiger partial charge in [-0.3, -0.25) is 0 Å². The summed E-state index contributed by atoms with van der Waals surface area (Å²) in [6, 6.07) is 7.93. The van der Waals surface area contributed by atoms with Gasteiger partial charge in [0, 0.05) is 0 Å². The second-order valence-corrected chi connectivity index (χ2v) is 12.4. The van der Waals surface area contributed by atoms with Crippen LogP contribution in [-0.2, 0) is 0 Å². The number of rotatable bonds is 21. The fourth-order valence-electron chi connectivity index (χ4n) is 4.74. The number of unbranched alkanes of at least 4 members (excludes halogenated alkanes) is 3. The van der Waals surface area contributed by atoms with Crippen molar-refractivity contribution in [3.05, 3.63) is 72.7 Å². The highest BCUT2D eigenvalue weighted by atomic mass is 19.3. The average Bonchev–Trinajstić information content (AvgIpc) is 2.96. The van der Waals surface area contributed by atoms with Gasteiger partial charge in [-0.2, -0.15) is 26.3 Å². The van der Waals surface area contributed by atoms with Crippen molar-refractivity contribution in [2.45, 2.75) is 91.9 Å². The maximum absolute atomic E-state index is 12.9. The fourth-order valence-corrected chi connectivity index (χ4v) is 4.74. The number of halogens is 6. The second kappa shape index (κ2) is 18.5. The summed E-state index contributed by atoms with van der Waals surface area (Å²) in [5, 5.41) is 0. The predicted molar refractivity (Wildman–Crippen MR) is 160 cm³/mol. The van der Waals surface area contributed by atoms with E-state index in [0.717, 1.165) is 51.4 Å². The molecule has 2 aromatic rings. The van der Waals surface area contributed by atoms with Crippen LogP contribution in [0.15, 0.2) is 72.7 Å². The number of hydrogen-bond acceptors (Lipinski definition) is 4. The van der Waals surface area contributed by atoms with E-state index in [9.17, 15) is 26.3 Å². The minimum atomic E-state index is -2.50. The molecule has 2 aromatic carbocycles. The summed E-state index contributed by atoms with van der Waals surface area (Å²) in [6.07, 6.45) is 5.66. The van der Waals surface area contributed by atoms with Crippen molar-refractivity contribution in [3.8, 4) is 23.0 Å². The molecule has 0 N–H and O–H groups in total. The third-order valence-electron chi connectivity index (χ3n) is 7.35. The van der Waals surface area contributed by atoms with Gasteiger partial charge >= 0.3 is 24.2 Å². The molecule has 0 heterocycles. The molecule has 0 saturated carbocycles. The van der Waals surface area contributed by atoms with Gasteiger partial charge in [0.15, 0.2) is 0 Å². The minimum absolute atomic E-state index is 0.0261. The molecular formula is C34H44F6O4. The van der Waals surface area contributed by atoms with Crippen molar-refractivity contribution in [1.82, 2.24) is 0 Å². The van der Waals surface area contributed by atoms with E-state index in [1.807, 2.05) is 0 Å². The normalized spacial score (nSPS) is 11.6. The van der Waals surface area contributed by atoms with E-state index in [1.54, 1.807) is 24.3 Å². The molecule has 0 bridgehead atoms. The Labute approximate surface area is 257 Å². The number of hydrogen-bond donors (Lipinski definition) is 0. The van der Waals surface area contributed by atoms with Crippen LogP contribution in [-0.4, -0.2) is 13.2 Å². The van der Waals surface area contributed by atoms with Gasteiger partial charge in [0.2, 0.25) is 0 Å². The summed E-state index contributed by atoms with van der Waals surface area (Å²) < 4.78 is 94.4. The Morgan fingerprint density at radius 3 is 1.02 bits per heavy atom.